The van der Waals surface area contributed by atoms with Crippen LogP contribution in [0.25, 0.3) is 10.9 Å². The summed E-state index contributed by atoms with van der Waals surface area (Å²) in [5, 5.41) is 9.97. The highest BCUT2D eigenvalue weighted by molar-refractivity contribution is 5.96. The summed E-state index contributed by atoms with van der Waals surface area (Å²) in [4.78, 5) is 24.1. The molecule has 1 aromatic carbocycles. The van der Waals surface area contributed by atoms with E-state index in [1.54, 1.807) is 18.2 Å². The summed E-state index contributed by atoms with van der Waals surface area (Å²) in [6.45, 7) is 1.88. The third-order valence-corrected chi connectivity index (χ3v) is 4.06. The number of anilines is 1. The quantitative estimate of drug-likeness (QED) is 0.921. The number of carboxylic acids is 1. The Morgan fingerprint density at radius 2 is 2.19 bits per heavy atom. The van der Waals surface area contributed by atoms with E-state index < -0.39 is 5.97 Å². The first-order valence-corrected chi connectivity index (χ1v) is 6.95. The van der Waals surface area contributed by atoms with E-state index in [9.17, 15) is 4.79 Å². The summed E-state index contributed by atoms with van der Waals surface area (Å²) in [7, 11) is 4.18. The van der Waals surface area contributed by atoms with Crippen molar-refractivity contribution in [3.8, 4) is 0 Å². The van der Waals surface area contributed by atoms with Gasteiger partial charge in [0.1, 0.15) is 12.1 Å². The molecule has 0 radical (unpaired) electrons. The second-order valence-corrected chi connectivity index (χ2v) is 5.59. The van der Waals surface area contributed by atoms with Crippen LogP contribution < -0.4 is 4.90 Å². The highest BCUT2D eigenvalue weighted by atomic mass is 16.4. The lowest BCUT2D eigenvalue weighted by Crippen LogP contribution is -2.31. The molecular formula is C15H18N4O2. The normalized spacial score (nSPS) is 18.6. The zero-order chi connectivity index (χ0) is 15.0. The van der Waals surface area contributed by atoms with Crippen LogP contribution in [0.1, 0.15) is 16.8 Å². The van der Waals surface area contributed by atoms with E-state index in [4.69, 9.17) is 5.11 Å². The van der Waals surface area contributed by atoms with Crippen LogP contribution in [0.5, 0.6) is 0 Å². The molecule has 0 spiro atoms. The molecule has 6 nitrogen and oxygen atoms in total. The lowest BCUT2D eigenvalue weighted by atomic mass is 10.1. The molecule has 21 heavy (non-hydrogen) atoms. The largest absolute Gasteiger partial charge is 0.478 e. The summed E-state index contributed by atoms with van der Waals surface area (Å²) < 4.78 is 0. The van der Waals surface area contributed by atoms with E-state index in [0.29, 0.717) is 11.6 Å². The van der Waals surface area contributed by atoms with Gasteiger partial charge in [0.2, 0.25) is 0 Å². The van der Waals surface area contributed by atoms with Gasteiger partial charge in [-0.1, -0.05) is 0 Å². The number of likely N-dealkylation sites (N-methyl/N-ethyl adjacent to an activating group) is 1. The van der Waals surface area contributed by atoms with Crippen LogP contribution in [0.2, 0.25) is 0 Å². The van der Waals surface area contributed by atoms with Crippen molar-refractivity contribution in [2.45, 2.75) is 12.5 Å². The van der Waals surface area contributed by atoms with E-state index in [-0.39, 0.29) is 5.56 Å². The lowest BCUT2D eigenvalue weighted by molar-refractivity contribution is 0.0697. The third-order valence-electron chi connectivity index (χ3n) is 4.06. The zero-order valence-electron chi connectivity index (χ0n) is 12.2. The Kier molecular flexibility index (Phi) is 3.47. The first-order chi connectivity index (χ1) is 10.1. The van der Waals surface area contributed by atoms with Gasteiger partial charge in [0.25, 0.3) is 0 Å². The van der Waals surface area contributed by atoms with Gasteiger partial charge in [-0.2, -0.15) is 0 Å². The fourth-order valence-corrected chi connectivity index (χ4v) is 2.78. The Morgan fingerprint density at radius 1 is 1.38 bits per heavy atom. The number of benzene rings is 1. The molecule has 2 aromatic rings. The SMILES string of the molecule is CN(C)C1CCN(c2ncnc3cc(C(=O)O)ccc23)C1. The predicted octanol–water partition coefficient (Wildman–Crippen LogP) is 1.47. The number of carboxylic acid groups (broad SMARTS) is 1. The first-order valence-electron chi connectivity index (χ1n) is 6.95. The Morgan fingerprint density at radius 3 is 2.86 bits per heavy atom. The van der Waals surface area contributed by atoms with Gasteiger partial charge in [0.05, 0.1) is 11.1 Å². The molecule has 3 rings (SSSR count). The number of hydrogen-bond donors (Lipinski definition) is 1. The van der Waals surface area contributed by atoms with E-state index in [1.807, 2.05) is 0 Å². The molecule has 1 fully saturated rings. The van der Waals surface area contributed by atoms with Crippen molar-refractivity contribution < 1.29 is 9.90 Å². The van der Waals surface area contributed by atoms with Crippen LogP contribution >= 0.6 is 0 Å². The highest BCUT2D eigenvalue weighted by Crippen LogP contribution is 2.27. The lowest BCUT2D eigenvalue weighted by Gasteiger charge is -2.21. The maximum absolute atomic E-state index is 11.0. The molecule has 2 heterocycles. The van der Waals surface area contributed by atoms with Gasteiger partial charge >= 0.3 is 5.97 Å². The second kappa shape index (κ2) is 5.29. The van der Waals surface area contributed by atoms with Gasteiger partial charge in [0.15, 0.2) is 0 Å². The van der Waals surface area contributed by atoms with Crippen molar-refractivity contribution in [3.63, 3.8) is 0 Å². The molecule has 0 amide bonds. The van der Waals surface area contributed by atoms with Gasteiger partial charge in [-0.05, 0) is 38.7 Å². The molecular weight excluding hydrogens is 268 g/mol. The van der Waals surface area contributed by atoms with Gasteiger partial charge in [-0.3, -0.25) is 0 Å². The Balaban J connectivity index is 1.98. The number of nitrogens with zero attached hydrogens (tertiary/aromatic N) is 4. The predicted molar refractivity (Wildman–Crippen MR) is 80.8 cm³/mol. The molecule has 0 bridgehead atoms. The topological polar surface area (TPSA) is 69.6 Å². The number of carbonyl (C=O) groups is 1. The van der Waals surface area contributed by atoms with E-state index >= 15 is 0 Å². The molecule has 110 valence electrons. The Bertz CT molecular complexity index is 686. The molecule has 1 saturated heterocycles. The maximum Gasteiger partial charge on any atom is 0.335 e. The summed E-state index contributed by atoms with van der Waals surface area (Å²) in [6.07, 6.45) is 2.61. The highest BCUT2D eigenvalue weighted by Gasteiger charge is 2.26. The minimum Gasteiger partial charge on any atom is -0.478 e. The summed E-state index contributed by atoms with van der Waals surface area (Å²) >= 11 is 0. The van der Waals surface area contributed by atoms with Crippen molar-refractivity contribution >= 4 is 22.7 Å². The molecule has 1 aliphatic rings. The summed E-state index contributed by atoms with van der Waals surface area (Å²) in [5.41, 5.74) is 0.924. The van der Waals surface area contributed by atoms with Gasteiger partial charge < -0.3 is 14.9 Å². The zero-order valence-corrected chi connectivity index (χ0v) is 12.2. The fraction of sp³-hybridized carbons (Fsp3) is 0.400. The smallest absolute Gasteiger partial charge is 0.335 e. The number of hydrogen-bond acceptors (Lipinski definition) is 5. The van der Waals surface area contributed by atoms with Crippen molar-refractivity contribution in [3.05, 3.63) is 30.1 Å². The van der Waals surface area contributed by atoms with E-state index in [1.165, 1.54) is 6.33 Å². The summed E-state index contributed by atoms with van der Waals surface area (Å²) in [5.74, 6) is -0.0489. The van der Waals surface area contributed by atoms with Crippen molar-refractivity contribution in [2.24, 2.45) is 0 Å². The van der Waals surface area contributed by atoms with Crippen molar-refractivity contribution in [1.29, 1.82) is 0 Å². The number of aromatic nitrogens is 2. The average molecular weight is 286 g/mol. The van der Waals surface area contributed by atoms with Crippen LogP contribution in [0, 0.1) is 0 Å². The van der Waals surface area contributed by atoms with E-state index in [0.717, 1.165) is 30.7 Å². The molecule has 1 aromatic heterocycles. The molecule has 1 unspecified atom stereocenters. The van der Waals surface area contributed by atoms with Crippen LogP contribution in [0.3, 0.4) is 0 Å². The number of aromatic carboxylic acids is 1. The van der Waals surface area contributed by atoms with Crippen LogP contribution in [-0.2, 0) is 0 Å². The molecule has 0 aliphatic carbocycles. The Hall–Kier alpha value is -2.21. The molecule has 6 heteroatoms. The Labute approximate surface area is 123 Å². The molecule has 1 atom stereocenters. The van der Waals surface area contributed by atoms with Crippen LogP contribution in [0.4, 0.5) is 5.82 Å². The monoisotopic (exact) mass is 286 g/mol. The molecule has 1 N–H and O–H groups in total. The standard InChI is InChI=1S/C15H18N4O2/c1-18(2)11-5-6-19(8-11)14-12-4-3-10(15(20)21)7-13(12)16-9-17-14/h3-4,7,9,11H,5-6,8H2,1-2H3,(H,20,21). The number of fused-ring (bicyclic) bond motifs is 1. The minimum absolute atomic E-state index is 0.250. The number of rotatable bonds is 3. The van der Waals surface area contributed by atoms with Crippen LogP contribution in [-0.4, -0.2) is 59.2 Å². The average Bonchev–Trinajstić information content (AvgIpc) is 2.95. The fourth-order valence-electron chi connectivity index (χ4n) is 2.78. The van der Waals surface area contributed by atoms with E-state index in [2.05, 4.69) is 33.9 Å². The molecule has 1 aliphatic heterocycles. The van der Waals surface area contributed by atoms with Gasteiger partial charge in [-0.15, -0.1) is 0 Å². The first kappa shape index (κ1) is 13.8. The third kappa shape index (κ3) is 2.54. The second-order valence-electron chi connectivity index (χ2n) is 5.59. The maximum atomic E-state index is 11.0. The summed E-state index contributed by atoms with van der Waals surface area (Å²) in [6, 6.07) is 5.53. The van der Waals surface area contributed by atoms with Gasteiger partial charge in [0, 0.05) is 24.5 Å². The van der Waals surface area contributed by atoms with Crippen LogP contribution in [0.15, 0.2) is 24.5 Å². The minimum atomic E-state index is -0.939. The van der Waals surface area contributed by atoms with Gasteiger partial charge in [-0.25, -0.2) is 14.8 Å². The van der Waals surface area contributed by atoms with Crippen molar-refractivity contribution in [1.82, 2.24) is 14.9 Å². The van der Waals surface area contributed by atoms with Crippen molar-refractivity contribution in [2.75, 3.05) is 32.1 Å². The molecule has 0 saturated carbocycles.